The topological polar surface area (TPSA) is 124 Å². The molecule has 1 aliphatic rings. The van der Waals surface area contributed by atoms with Gasteiger partial charge in [-0.1, -0.05) is 103 Å². The Hall–Kier alpha value is -5.24. The van der Waals surface area contributed by atoms with Crippen molar-refractivity contribution in [3.8, 4) is 28.3 Å². The maximum atomic E-state index is 10.7. The normalized spacial score (nSPS) is 12.3. The molecule has 8 nitrogen and oxygen atoms in total. The number of hydrogen-bond donors (Lipinski definition) is 3. The maximum absolute atomic E-state index is 10.7. The molecule has 47 heavy (non-hydrogen) atoms. The maximum Gasteiger partial charge on any atom is 0.339 e. The van der Waals surface area contributed by atoms with Crippen molar-refractivity contribution in [2.24, 2.45) is 0 Å². The highest BCUT2D eigenvalue weighted by atomic mass is 16.4. The molecule has 1 aliphatic heterocycles. The van der Waals surface area contributed by atoms with E-state index < -0.39 is 11.9 Å². The monoisotopic (exact) mass is 631 g/mol. The number of nitrogens with zero attached hydrogens (tertiary/aromatic N) is 3. The van der Waals surface area contributed by atoms with E-state index in [1.165, 1.54) is 17.2 Å². The number of anilines is 1. The number of aryl methyl sites for hydroxylation is 3. The predicted molar refractivity (Wildman–Crippen MR) is 186 cm³/mol. The van der Waals surface area contributed by atoms with Crippen LogP contribution in [0.3, 0.4) is 0 Å². The molecule has 0 spiro atoms. The first kappa shape index (κ1) is 33.1. The van der Waals surface area contributed by atoms with E-state index in [2.05, 4.69) is 67.3 Å². The molecule has 0 atom stereocenters. The number of carboxylic acids is 2. The molecular formula is C39H41N3O5. The van der Waals surface area contributed by atoms with Gasteiger partial charge in [0.2, 0.25) is 0 Å². The molecule has 0 bridgehead atoms. The van der Waals surface area contributed by atoms with Gasteiger partial charge in [0.25, 0.3) is 0 Å². The summed E-state index contributed by atoms with van der Waals surface area (Å²) in [5.41, 5.74) is 7.55. The smallest absolute Gasteiger partial charge is 0.339 e. The summed E-state index contributed by atoms with van der Waals surface area (Å²) in [5.74, 6) is -0.981. The van der Waals surface area contributed by atoms with Gasteiger partial charge in [-0.15, -0.1) is 0 Å². The summed E-state index contributed by atoms with van der Waals surface area (Å²) in [7, 11) is 0. The van der Waals surface area contributed by atoms with Gasteiger partial charge in [-0.05, 0) is 51.0 Å². The van der Waals surface area contributed by atoms with E-state index in [1.807, 2.05) is 12.1 Å². The summed E-state index contributed by atoms with van der Waals surface area (Å²) >= 11 is 0. The summed E-state index contributed by atoms with van der Waals surface area (Å²) in [6, 6.07) is 27.3. The van der Waals surface area contributed by atoms with Crippen molar-refractivity contribution in [2.45, 2.75) is 58.8 Å². The molecule has 4 aromatic carbocycles. The zero-order valence-corrected chi connectivity index (χ0v) is 26.9. The number of carboxylic acid groups (broad SMARTS) is 2. The number of phenols is 1. The Morgan fingerprint density at radius 3 is 2.00 bits per heavy atom. The van der Waals surface area contributed by atoms with Crippen LogP contribution in [0.1, 0.15) is 65.7 Å². The number of hydrogen-bond acceptors (Lipinski definition) is 6. The molecule has 6 rings (SSSR count). The minimum atomic E-state index is -1.12. The van der Waals surface area contributed by atoms with E-state index in [1.54, 1.807) is 18.2 Å². The second kappa shape index (κ2) is 15.4. The Morgan fingerprint density at radius 1 is 0.745 bits per heavy atom. The highest BCUT2D eigenvalue weighted by molar-refractivity contribution is 6.00. The van der Waals surface area contributed by atoms with Crippen LogP contribution in [0.4, 0.5) is 5.82 Å². The first-order chi connectivity index (χ1) is 22.7. The number of fused-ring (bicyclic) bond motifs is 2. The van der Waals surface area contributed by atoms with Crippen LogP contribution in [0.15, 0.2) is 84.9 Å². The van der Waals surface area contributed by atoms with E-state index in [9.17, 15) is 14.7 Å². The Morgan fingerprint density at radius 2 is 1.36 bits per heavy atom. The van der Waals surface area contributed by atoms with E-state index in [4.69, 9.17) is 20.2 Å². The molecular weight excluding hydrogens is 590 g/mol. The van der Waals surface area contributed by atoms with Gasteiger partial charge in [-0.25, -0.2) is 14.8 Å². The van der Waals surface area contributed by atoms with Crippen LogP contribution in [-0.2, 0) is 11.2 Å². The molecule has 0 saturated carbocycles. The zero-order chi connectivity index (χ0) is 33.3. The van der Waals surface area contributed by atoms with Crippen LogP contribution in [-0.4, -0.2) is 50.3 Å². The second-order valence-electron chi connectivity index (χ2n) is 12.1. The van der Waals surface area contributed by atoms with Crippen molar-refractivity contribution in [1.29, 1.82) is 0 Å². The predicted octanol–water partition coefficient (Wildman–Crippen LogP) is 8.46. The first-order valence-electron chi connectivity index (χ1n) is 16.2. The lowest BCUT2D eigenvalue weighted by molar-refractivity contribution is -0.137. The molecule has 0 radical (unpaired) electrons. The molecule has 0 aliphatic carbocycles. The first-order valence-corrected chi connectivity index (χ1v) is 16.2. The van der Waals surface area contributed by atoms with Crippen molar-refractivity contribution >= 4 is 28.5 Å². The summed E-state index contributed by atoms with van der Waals surface area (Å²) in [4.78, 5) is 34.2. The molecule has 1 aromatic heterocycles. The molecule has 8 heteroatoms. The van der Waals surface area contributed by atoms with Crippen LogP contribution >= 0.6 is 0 Å². The summed E-state index contributed by atoms with van der Waals surface area (Å²) in [6.45, 7) is 6.13. The largest absolute Gasteiger partial charge is 0.506 e. The molecule has 0 fully saturated rings. The van der Waals surface area contributed by atoms with Gasteiger partial charge in [0, 0.05) is 36.0 Å². The molecule has 5 aromatic rings. The fraction of sp³-hybridized carbons (Fsp3) is 0.282. The highest BCUT2D eigenvalue weighted by Crippen LogP contribution is 2.35. The average molecular weight is 632 g/mol. The van der Waals surface area contributed by atoms with Crippen molar-refractivity contribution in [3.05, 3.63) is 107 Å². The molecule has 0 amide bonds. The fourth-order valence-electron chi connectivity index (χ4n) is 5.83. The van der Waals surface area contributed by atoms with Gasteiger partial charge in [0.05, 0.1) is 17.1 Å². The number of unbranched alkanes of at least 4 members (excludes halogenated alkanes) is 3. The van der Waals surface area contributed by atoms with Crippen LogP contribution in [0, 0.1) is 13.8 Å². The fourth-order valence-corrected chi connectivity index (χ4v) is 5.83. The molecule has 0 saturated heterocycles. The van der Waals surface area contributed by atoms with Crippen molar-refractivity contribution < 1.29 is 24.9 Å². The van der Waals surface area contributed by atoms with Gasteiger partial charge >= 0.3 is 11.9 Å². The molecule has 3 N–H and O–H groups in total. The summed E-state index contributed by atoms with van der Waals surface area (Å²) in [6.07, 6.45) is 6.09. The van der Waals surface area contributed by atoms with Crippen LogP contribution in [0.2, 0.25) is 0 Å². The van der Waals surface area contributed by atoms with E-state index >= 15 is 0 Å². The van der Waals surface area contributed by atoms with E-state index in [0.717, 1.165) is 91.0 Å². The quantitative estimate of drug-likeness (QED) is 0.131. The number of aromatic nitrogens is 2. The van der Waals surface area contributed by atoms with Crippen molar-refractivity contribution in [3.63, 3.8) is 0 Å². The Balaban J connectivity index is 0.000000257. The molecule has 0 unspecified atom stereocenters. The van der Waals surface area contributed by atoms with Gasteiger partial charge in [0.1, 0.15) is 11.3 Å². The van der Waals surface area contributed by atoms with Gasteiger partial charge in [0.15, 0.2) is 5.82 Å². The number of aliphatic carboxylic acids is 1. The number of aromatic carboxylic acids is 1. The SMILES string of the molecule is Cc1ccc(-c2nc3c(nc2-c2ccc(C)cc2)N(CCCCCCC(=O)O)CCC3)cc1.O=C(O)c1ccc2ccccc2c1O. The molecule has 2 heterocycles. The van der Waals surface area contributed by atoms with Crippen LogP contribution in [0.5, 0.6) is 5.75 Å². The number of rotatable bonds is 10. The van der Waals surface area contributed by atoms with E-state index in [-0.39, 0.29) is 17.7 Å². The van der Waals surface area contributed by atoms with Crippen LogP contribution < -0.4 is 4.90 Å². The summed E-state index contributed by atoms with van der Waals surface area (Å²) < 4.78 is 0. The van der Waals surface area contributed by atoms with Crippen molar-refractivity contribution in [1.82, 2.24) is 9.97 Å². The highest BCUT2D eigenvalue weighted by Gasteiger charge is 2.23. The lowest BCUT2D eigenvalue weighted by Crippen LogP contribution is -2.32. The standard InChI is InChI=1S/C28H33N3O2.C11H8O3/c1-20-10-14-22(15-11-20)26-27(23-16-12-21(2)13-17-23)30-28-24(29-26)8-7-19-31(28)18-6-4-3-5-9-25(32)33;12-10-8-4-2-1-3-7(8)5-6-9(10)11(13)14/h10-17H,3-9,18-19H2,1-2H3,(H,32,33);1-6,12H,(H,13,14). The average Bonchev–Trinajstić information content (AvgIpc) is 3.07. The lowest BCUT2D eigenvalue weighted by Gasteiger charge is -2.30. The number of aromatic hydroxyl groups is 1. The Labute approximate surface area is 275 Å². The summed E-state index contributed by atoms with van der Waals surface area (Å²) in [5, 5.41) is 28.6. The number of carbonyl (C=O) groups is 2. The van der Waals surface area contributed by atoms with Gasteiger partial charge in [-0.2, -0.15) is 0 Å². The second-order valence-corrected chi connectivity index (χ2v) is 12.1. The minimum Gasteiger partial charge on any atom is -0.506 e. The third kappa shape index (κ3) is 8.33. The van der Waals surface area contributed by atoms with Gasteiger partial charge < -0.3 is 20.2 Å². The van der Waals surface area contributed by atoms with E-state index in [0.29, 0.717) is 5.39 Å². The Bertz CT molecular complexity index is 1850. The third-order valence-corrected chi connectivity index (χ3v) is 8.44. The van der Waals surface area contributed by atoms with Crippen LogP contribution in [0.25, 0.3) is 33.3 Å². The third-order valence-electron chi connectivity index (χ3n) is 8.44. The Kier molecular flexibility index (Phi) is 10.8. The minimum absolute atomic E-state index is 0.0660. The zero-order valence-electron chi connectivity index (χ0n) is 26.9. The molecule has 242 valence electrons. The lowest BCUT2D eigenvalue weighted by atomic mass is 10.0. The van der Waals surface area contributed by atoms with Crippen molar-refractivity contribution in [2.75, 3.05) is 18.0 Å². The van der Waals surface area contributed by atoms with Gasteiger partial charge in [-0.3, -0.25) is 4.79 Å². The number of benzene rings is 4.